The van der Waals surface area contributed by atoms with Crippen molar-refractivity contribution in [3.63, 3.8) is 0 Å². The highest BCUT2D eigenvalue weighted by Crippen LogP contribution is 2.20. The van der Waals surface area contributed by atoms with Gasteiger partial charge in [0.1, 0.15) is 11.5 Å². The van der Waals surface area contributed by atoms with Gasteiger partial charge in [-0.3, -0.25) is 0 Å². The van der Waals surface area contributed by atoms with Crippen molar-refractivity contribution in [2.24, 2.45) is 0 Å². The lowest BCUT2D eigenvalue weighted by molar-refractivity contribution is -0.148. The van der Waals surface area contributed by atoms with Gasteiger partial charge in [-0.2, -0.15) is 0 Å². The second kappa shape index (κ2) is 11.4. The monoisotopic (exact) mass is 414 g/mol. The number of ether oxygens (including phenoxy) is 3. The molecular weight excluding hydrogens is 384 g/mol. The Morgan fingerprint density at radius 3 is 2.10 bits per heavy atom. The molecule has 0 radical (unpaired) electrons. The number of hydrogen-bond donors (Lipinski definition) is 2. The van der Waals surface area contributed by atoms with Gasteiger partial charge in [-0.1, -0.05) is 12.1 Å². The summed E-state index contributed by atoms with van der Waals surface area (Å²) in [6.45, 7) is 5.25. The van der Waals surface area contributed by atoms with Crippen LogP contribution < -0.4 is 19.7 Å². The SMILES string of the molecule is CO[C@@H](Cc1ccc(OCCCOc2ccc(N3CCNCC3)cc2)cc1)C(=O)O. The number of carboxylic acid groups (broad SMARTS) is 1. The van der Waals surface area contributed by atoms with Crippen molar-refractivity contribution in [2.75, 3.05) is 51.4 Å². The lowest BCUT2D eigenvalue weighted by atomic mass is 10.1. The van der Waals surface area contributed by atoms with Crippen LogP contribution in [0.5, 0.6) is 11.5 Å². The Balaban J connectivity index is 1.34. The quantitative estimate of drug-likeness (QED) is 0.547. The predicted molar refractivity (Wildman–Crippen MR) is 116 cm³/mol. The van der Waals surface area contributed by atoms with Crippen LogP contribution in [-0.4, -0.2) is 63.7 Å². The molecule has 7 nitrogen and oxygen atoms in total. The molecule has 1 saturated heterocycles. The van der Waals surface area contributed by atoms with E-state index < -0.39 is 12.1 Å². The molecule has 2 N–H and O–H groups in total. The third-order valence-corrected chi connectivity index (χ3v) is 5.05. The first-order chi connectivity index (χ1) is 14.7. The number of rotatable bonds is 11. The molecule has 0 bridgehead atoms. The van der Waals surface area contributed by atoms with Crippen molar-refractivity contribution in [3.8, 4) is 11.5 Å². The standard InChI is InChI=1S/C23H30N2O5/c1-28-22(23(26)27)17-18-3-7-20(8-4-18)29-15-2-16-30-21-9-5-19(6-10-21)25-13-11-24-12-14-25/h3-10,22,24H,2,11-17H2,1H3,(H,26,27)/t22-/m0/s1. The fraction of sp³-hybridized carbons (Fsp3) is 0.435. The minimum Gasteiger partial charge on any atom is -0.493 e. The van der Waals surface area contributed by atoms with E-state index in [0.717, 1.165) is 49.7 Å². The van der Waals surface area contributed by atoms with Gasteiger partial charge in [0.05, 0.1) is 13.2 Å². The molecule has 2 aromatic carbocycles. The molecule has 162 valence electrons. The minimum atomic E-state index is -0.962. The van der Waals surface area contributed by atoms with Gasteiger partial charge < -0.3 is 29.5 Å². The molecule has 7 heteroatoms. The first-order valence-corrected chi connectivity index (χ1v) is 10.3. The minimum absolute atomic E-state index is 0.327. The van der Waals surface area contributed by atoms with Gasteiger partial charge in [0.15, 0.2) is 6.10 Å². The highest BCUT2D eigenvalue weighted by molar-refractivity contribution is 5.72. The Labute approximate surface area is 177 Å². The van der Waals surface area contributed by atoms with Crippen LogP contribution in [0.25, 0.3) is 0 Å². The number of carbonyl (C=O) groups is 1. The van der Waals surface area contributed by atoms with Crippen LogP contribution >= 0.6 is 0 Å². The molecule has 0 saturated carbocycles. The van der Waals surface area contributed by atoms with Gasteiger partial charge >= 0.3 is 5.97 Å². The van der Waals surface area contributed by atoms with Crippen molar-refractivity contribution < 1.29 is 24.1 Å². The number of nitrogens with one attached hydrogen (secondary N) is 1. The van der Waals surface area contributed by atoms with Gasteiger partial charge in [0.25, 0.3) is 0 Å². The van der Waals surface area contributed by atoms with Crippen LogP contribution in [0.3, 0.4) is 0 Å². The molecule has 0 aliphatic carbocycles. The molecular formula is C23H30N2O5. The molecule has 0 spiro atoms. The normalized spacial score (nSPS) is 14.9. The number of benzene rings is 2. The summed E-state index contributed by atoms with van der Waals surface area (Å²) >= 11 is 0. The lowest BCUT2D eigenvalue weighted by Gasteiger charge is -2.29. The molecule has 3 rings (SSSR count). The smallest absolute Gasteiger partial charge is 0.333 e. The van der Waals surface area contributed by atoms with Crippen LogP contribution in [0.15, 0.2) is 48.5 Å². The van der Waals surface area contributed by atoms with Gasteiger partial charge in [-0.15, -0.1) is 0 Å². The number of nitrogens with zero attached hydrogens (tertiary/aromatic N) is 1. The molecule has 1 aliphatic heterocycles. The fourth-order valence-electron chi connectivity index (χ4n) is 3.32. The Morgan fingerprint density at radius 1 is 1.00 bits per heavy atom. The number of hydrogen-bond acceptors (Lipinski definition) is 6. The molecule has 0 aromatic heterocycles. The summed E-state index contributed by atoms with van der Waals surface area (Å²) in [5.41, 5.74) is 2.13. The third-order valence-electron chi connectivity index (χ3n) is 5.05. The maximum atomic E-state index is 11.0. The van der Waals surface area contributed by atoms with E-state index in [1.807, 2.05) is 36.4 Å². The first-order valence-electron chi connectivity index (χ1n) is 10.3. The summed E-state index contributed by atoms with van der Waals surface area (Å²) in [6.07, 6.45) is 0.263. The van der Waals surface area contributed by atoms with E-state index in [9.17, 15) is 4.79 Å². The van der Waals surface area contributed by atoms with Crippen LogP contribution in [0, 0.1) is 0 Å². The van der Waals surface area contributed by atoms with Gasteiger partial charge in [0.2, 0.25) is 0 Å². The molecule has 1 atom stereocenters. The predicted octanol–water partition coefficient (Wildman–Crippen LogP) is 2.59. The highest BCUT2D eigenvalue weighted by atomic mass is 16.5. The summed E-state index contributed by atoms with van der Waals surface area (Å²) < 4.78 is 16.5. The van der Waals surface area contributed by atoms with Crippen LogP contribution in [0.4, 0.5) is 5.69 Å². The molecule has 1 aliphatic rings. The Morgan fingerprint density at radius 2 is 1.57 bits per heavy atom. The number of carboxylic acids is 1. The second-order valence-electron chi connectivity index (χ2n) is 7.19. The Hall–Kier alpha value is -2.77. The average Bonchev–Trinajstić information content (AvgIpc) is 2.79. The zero-order valence-corrected chi connectivity index (χ0v) is 17.4. The molecule has 2 aromatic rings. The molecule has 30 heavy (non-hydrogen) atoms. The fourth-order valence-corrected chi connectivity index (χ4v) is 3.32. The summed E-state index contributed by atoms with van der Waals surface area (Å²) in [4.78, 5) is 13.4. The van der Waals surface area contributed by atoms with Gasteiger partial charge in [-0.25, -0.2) is 4.79 Å². The van der Waals surface area contributed by atoms with E-state index in [1.54, 1.807) is 0 Å². The number of methoxy groups -OCH3 is 1. The summed E-state index contributed by atoms with van der Waals surface area (Å²) in [5.74, 6) is 0.657. The summed E-state index contributed by atoms with van der Waals surface area (Å²) in [5, 5.41) is 12.4. The zero-order chi connectivity index (χ0) is 21.2. The molecule has 0 amide bonds. The van der Waals surface area contributed by atoms with E-state index in [2.05, 4.69) is 22.3 Å². The van der Waals surface area contributed by atoms with Gasteiger partial charge in [-0.05, 0) is 42.0 Å². The van der Waals surface area contributed by atoms with Crippen LogP contribution in [0.1, 0.15) is 12.0 Å². The van der Waals surface area contributed by atoms with Crippen molar-refractivity contribution in [3.05, 3.63) is 54.1 Å². The largest absolute Gasteiger partial charge is 0.493 e. The van der Waals surface area contributed by atoms with E-state index in [4.69, 9.17) is 19.3 Å². The lowest BCUT2D eigenvalue weighted by Crippen LogP contribution is -2.43. The Kier molecular flexibility index (Phi) is 8.35. The van der Waals surface area contributed by atoms with Crippen LogP contribution in [0.2, 0.25) is 0 Å². The molecule has 1 fully saturated rings. The van der Waals surface area contributed by atoms with Crippen molar-refractivity contribution in [1.29, 1.82) is 0 Å². The number of aliphatic carboxylic acids is 1. The van der Waals surface area contributed by atoms with E-state index in [1.165, 1.54) is 12.8 Å². The zero-order valence-electron chi connectivity index (χ0n) is 17.4. The maximum Gasteiger partial charge on any atom is 0.333 e. The van der Waals surface area contributed by atoms with Crippen molar-refractivity contribution >= 4 is 11.7 Å². The second-order valence-corrected chi connectivity index (χ2v) is 7.19. The topological polar surface area (TPSA) is 80.3 Å². The van der Waals surface area contributed by atoms with Gasteiger partial charge in [0, 0.05) is 51.8 Å². The number of piperazine rings is 1. The van der Waals surface area contributed by atoms with E-state index in [-0.39, 0.29) is 0 Å². The highest BCUT2D eigenvalue weighted by Gasteiger charge is 2.16. The molecule has 1 heterocycles. The third kappa shape index (κ3) is 6.64. The Bertz CT molecular complexity index is 773. The first kappa shape index (κ1) is 21.9. The van der Waals surface area contributed by atoms with E-state index >= 15 is 0 Å². The van der Waals surface area contributed by atoms with Crippen LogP contribution in [-0.2, 0) is 16.0 Å². The summed E-state index contributed by atoms with van der Waals surface area (Å²) in [6, 6.07) is 15.7. The van der Waals surface area contributed by atoms with E-state index in [0.29, 0.717) is 19.6 Å². The average molecular weight is 415 g/mol. The van der Waals surface area contributed by atoms with Crippen molar-refractivity contribution in [1.82, 2.24) is 5.32 Å². The van der Waals surface area contributed by atoms with Crippen molar-refractivity contribution in [2.45, 2.75) is 18.9 Å². The summed E-state index contributed by atoms with van der Waals surface area (Å²) in [7, 11) is 1.40. The number of anilines is 1. The molecule has 0 unspecified atom stereocenters. The maximum absolute atomic E-state index is 11.0.